The van der Waals surface area contributed by atoms with E-state index >= 15 is 0 Å². The largest absolute Gasteiger partial charge is 0.394 e. The lowest BCUT2D eigenvalue weighted by atomic mass is 9.83. The zero-order valence-corrected chi connectivity index (χ0v) is 11.3. The molecule has 1 fully saturated rings. The first kappa shape index (κ1) is 13.6. The van der Waals surface area contributed by atoms with Gasteiger partial charge in [0.15, 0.2) is 0 Å². The molecule has 0 aliphatic heterocycles. The van der Waals surface area contributed by atoms with Crippen molar-refractivity contribution in [1.29, 1.82) is 0 Å². The fraction of sp³-hybridized carbons (Fsp3) is 0.786. The highest BCUT2D eigenvalue weighted by molar-refractivity contribution is 5.03. The first-order chi connectivity index (χ1) is 8.78. The van der Waals surface area contributed by atoms with Gasteiger partial charge in [-0.25, -0.2) is 0 Å². The maximum Gasteiger partial charge on any atom is 0.0640 e. The smallest absolute Gasteiger partial charge is 0.0640 e. The summed E-state index contributed by atoms with van der Waals surface area (Å²) in [6, 6.07) is 0. The second kappa shape index (κ2) is 6.90. The molecule has 0 spiro atoms. The maximum atomic E-state index is 8.82. The monoisotopic (exact) mass is 251 g/mol. The summed E-state index contributed by atoms with van der Waals surface area (Å²) in [6.07, 6.45) is 9.41. The molecule has 0 saturated heterocycles. The third-order valence-corrected chi connectivity index (χ3v) is 3.91. The first-order valence-electron chi connectivity index (χ1n) is 7.11. The van der Waals surface area contributed by atoms with E-state index in [1.807, 2.05) is 12.4 Å². The van der Waals surface area contributed by atoms with Crippen molar-refractivity contribution in [3.05, 3.63) is 18.0 Å². The van der Waals surface area contributed by atoms with Crippen LogP contribution in [0.3, 0.4) is 0 Å². The summed E-state index contributed by atoms with van der Waals surface area (Å²) in [5.74, 6) is 1.78. The van der Waals surface area contributed by atoms with E-state index in [0.717, 1.165) is 24.9 Å². The van der Waals surface area contributed by atoms with Crippen LogP contribution in [0.25, 0.3) is 0 Å². The van der Waals surface area contributed by atoms with Crippen LogP contribution in [0.4, 0.5) is 0 Å². The molecule has 1 aromatic heterocycles. The van der Waals surface area contributed by atoms with E-state index in [9.17, 15) is 0 Å². The molecule has 18 heavy (non-hydrogen) atoms. The van der Waals surface area contributed by atoms with Crippen LogP contribution in [-0.2, 0) is 13.1 Å². The molecule has 1 saturated carbocycles. The second-order valence-electron chi connectivity index (χ2n) is 5.59. The number of aromatic nitrogens is 2. The van der Waals surface area contributed by atoms with Gasteiger partial charge in [-0.15, -0.1) is 0 Å². The van der Waals surface area contributed by atoms with Gasteiger partial charge in [-0.1, -0.05) is 19.8 Å². The van der Waals surface area contributed by atoms with E-state index in [2.05, 4.69) is 17.3 Å². The molecule has 4 nitrogen and oxygen atoms in total. The van der Waals surface area contributed by atoms with Gasteiger partial charge in [0.25, 0.3) is 0 Å². The zero-order chi connectivity index (χ0) is 12.8. The summed E-state index contributed by atoms with van der Waals surface area (Å²) >= 11 is 0. The number of nitrogens with zero attached hydrogens (tertiary/aromatic N) is 2. The third-order valence-electron chi connectivity index (χ3n) is 3.91. The summed E-state index contributed by atoms with van der Waals surface area (Å²) in [5.41, 5.74) is 1.20. The molecular weight excluding hydrogens is 226 g/mol. The lowest BCUT2D eigenvalue weighted by Gasteiger charge is -2.26. The summed E-state index contributed by atoms with van der Waals surface area (Å²) < 4.78 is 1.79. The second-order valence-corrected chi connectivity index (χ2v) is 5.59. The highest BCUT2D eigenvalue weighted by Gasteiger charge is 2.17. The molecular formula is C14H25N3O. The molecule has 1 aliphatic carbocycles. The molecule has 0 unspecified atom stereocenters. The molecule has 4 heteroatoms. The van der Waals surface area contributed by atoms with Crippen LogP contribution in [0.5, 0.6) is 0 Å². The van der Waals surface area contributed by atoms with Gasteiger partial charge >= 0.3 is 0 Å². The molecule has 1 heterocycles. The van der Waals surface area contributed by atoms with Crippen molar-refractivity contribution in [3.8, 4) is 0 Å². The van der Waals surface area contributed by atoms with E-state index < -0.39 is 0 Å². The van der Waals surface area contributed by atoms with E-state index in [0.29, 0.717) is 6.54 Å². The minimum Gasteiger partial charge on any atom is -0.394 e. The molecule has 1 aliphatic rings. The predicted molar refractivity (Wildman–Crippen MR) is 72.1 cm³/mol. The number of nitrogens with one attached hydrogen (secondary N) is 1. The van der Waals surface area contributed by atoms with Crippen LogP contribution in [0, 0.1) is 11.8 Å². The van der Waals surface area contributed by atoms with Crippen LogP contribution >= 0.6 is 0 Å². The topological polar surface area (TPSA) is 50.1 Å². The maximum absolute atomic E-state index is 8.82. The summed E-state index contributed by atoms with van der Waals surface area (Å²) in [7, 11) is 0. The first-order valence-corrected chi connectivity index (χ1v) is 7.11. The Morgan fingerprint density at radius 1 is 1.39 bits per heavy atom. The normalized spacial score (nSPS) is 24.3. The van der Waals surface area contributed by atoms with E-state index in [1.165, 1.54) is 31.2 Å². The average molecular weight is 251 g/mol. The molecule has 0 atom stereocenters. The molecule has 0 radical (unpaired) electrons. The fourth-order valence-electron chi connectivity index (χ4n) is 2.68. The van der Waals surface area contributed by atoms with Crippen molar-refractivity contribution in [2.45, 2.75) is 45.7 Å². The van der Waals surface area contributed by atoms with Crippen LogP contribution in [0.15, 0.2) is 12.4 Å². The van der Waals surface area contributed by atoms with Crippen molar-refractivity contribution < 1.29 is 5.11 Å². The van der Waals surface area contributed by atoms with Gasteiger partial charge in [0.05, 0.1) is 19.3 Å². The minimum absolute atomic E-state index is 0.148. The Morgan fingerprint density at radius 2 is 2.17 bits per heavy atom. The lowest BCUT2D eigenvalue weighted by Crippen LogP contribution is -2.25. The van der Waals surface area contributed by atoms with Crippen molar-refractivity contribution in [2.75, 3.05) is 13.2 Å². The van der Waals surface area contributed by atoms with E-state index in [-0.39, 0.29) is 6.61 Å². The van der Waals surface area contributed by atoms with Crippen molar-refractivity contribution in [3.63, 3.8) is 0 Å². The van der Waals surface area contributed by atoms with Gasteiger partial charge in [0, 0.05) is 18.3 Å². The highest BCUT2D eigenvalue weighted by Crippen LogP contribution is 2.27. The van der Waals surface area contributed by atoms with Gasteiger partial charge in [-0.2, -0.15) is 5.10 Å². The molecule has 2 rings (SSSR count). The summed E-state index contributed by atoms with van der Waals surface area (Å²) in [5, 5.41) is 16.5. The Labute approximate surface area is 109 Å². The van der Waals surface area contributed by atoms with Crippen LogP contribution in [0.1, 0.15) is 38.2 Å². The van der Waals surface area contributed by atoms with Crippen LogP contribution in [-0.4, -0.2) is 28.0 Å². The van der Waals surface area contributed by atoms with E-state index in [1.54, 1.807) is 4.68 Å². The molecule has 0 bridgehead atoms. The summed E-state index contributed by atoms with van der Waals surface area (Å²) in [4.78, 5) is 0. The van der Waals surface area contributed by atoms with Crippen LogP contribution < -0.4 is 5.32 Å². The third kappa shape index (κ3) is 4.10. The van der Waals surface area contributed by atoms with Crippen LogP contribution in [0.2, 0.25) is 0 Å². The Balaban J connectivity index is 1.65. The predicted octanol–water partition coefficient (Wildman–Crippen LogP) is 1.79. The molecule has 2 N–H and O–H groups in total. The SMILES string of the molecule is CC1CCC(CNCc2cnn(CCO)c2)CC1. The fourth-order valence-corrected chi connectivity index (χ4v) is 2.68. The lowest BCUT2D eigenvalue weighted by molar-refractivity contribution is 0.269. The van der Waals surface area contributed by atoms with E-state index in [4.69, 9.17) is 5.11 Å². The molecule has 1 aromatic rings. The Kier molecular flexibility index (Phi) is 5.20. The van der Waals surface area contributed by atoms with Gasteiger partial charge in [0.2, 0.25) is 0 Å². The molecule has 102 valence electrons. The van der Waals surface area contributed by atoms with Gasteiger partial charge in [-0.05, 0) is 31.2 Å². The summed E-state index contributed by atoms with van der Waals surface area (Å²) in [6.45, 7) is 5.10. The standard InChI is InChI=1S/C14H25N3O/c1-12-2-4-13(5-3-12)8-15-9-14-10-16-17(11-14)6-7-18/h10-13,15,18H,2-9H2,1H3. The molecule has 0 aromatic carbocycles. The number of aliphatic hydroxyl groups is 1. The van der Waals surface area contributed by atoms with Gasteiger partial charge in [-0.3, -0.25) is 4.68 Å². The molecule has 0 amide bonds. The Hall–Kier alpha value is -0.870. The van der Waals surface area contributed by atoms with Crippen molar-refractivity contribution in [1.82, 2.24) is 15.1 Å². The zero-order valence-electron chi connectivity index (χ0n) is 11.3. The number of rotatable bonds is 6. The van der Waals surface area contributed by atoms with Gasteiger partial charge in [0.1, 0.15) is 0 Å². The Bertz CT molecular complexity index is 343. The van der Waals surface area contributed by atoms with Gasteiger partial charge < -0.3 is 10.4 Å². The average Bonchev–Trinajstić information content (AvgIpc) is 2.80. The Morgan fingerprint density at radius 3 is 2.89 bits per heavy atom. The number of aliphatic hydroxyl groups excluding tert-OH is 1. The van der Waals surface area contributed by atoms with Crippen molar-refractivity contribution >= 4 is 0 Å². The highest BCUT2D eigenvalue weighted by atomic mass is 16.3. The number of hydrogen-bond donors (Lipinski definition) is 2. The quantitative estimate of drug-likeness (QED) is 0.810. The number of hydrogen-bond acceptors (Lipinski definition) is 3. The van der Waals surface area contributed by atoms with Crippen molar-refractivity contribution in [2.24, 2.45) is 11.8 Å². The minimum atomic E-state index is 0.148.